The highest BCUT2D eigenvalue weighted by atomic mass is 16.3. The van der Waals surface area contributed by atoms with Gasteiger partial charge in [0.15, 0.2) is 0 Å². The van der Waals surface area contributed by atoms with Crippen LogP contribution in [0.25, 0.3) is 22.2 Å². The lowest BCUT2D eigenvalue weighted by molar-refractivity contribution is 0.121. The molecule has 0 unspecified atom stereocenters. The summed E-state index contributed by atoms with van der Waals surface area (Å²) in [7, 11) is 0. The standard InChI is InChI=1S/C22H22N4O/c27-21-4-2-1-3-16(21)19-8-15-7-17(14-5-6-14)20(9-18(15)24-25-19)26-12-22(13-26)10-23-11-22/h1-4,7-9,14,23,27H,5-6,10-13H2. The molecule has 3 aliphatic rings. The lowest BCUT2D eigenvalue weighted by Crippen LogP contribution is -2.71. The Morgan fingerprint density at radius 2 is 1.85 bits per heavy atom. The fourth-order valence-corrected chi connectivity index (χ4v) is 4.55. The van der Waals surface area contributed by atoms with Crippen LogP contribution in [0.15, 0.2) is 42.5 Å². The van der Waals surface area contributed by atoms with Crippen molar-refractivity contribution in [3.8, 4) is 17.0 Å². The second-order valence-corrected chi connectivity index (χ2v) is 8.45. The predicted molar refractivity (Wildman–Crippen MR) is 106 cm³/mol. The first-order valence-corrected chi connectivity index (χ1v) is 9.76. The Labute approximate surface area is 158 Å². The molecular formula is C22H22N4O. The van der Waals surface area contributed by atoms with Crippen LogP contribution in [0.2, 0.25) is 0 Å². The van der Waals surface area contributed by atoms with Gasteiger partial charge in [0.05, 0.1) is 11.2 Å². The molecule has 5 heteroatoms. The highest BCUT2D eigenvalue weighted by molar-refractivity contribution is 5.87. The van der Waals surface area contributed by atoms with Gasteiger partial charge < -0.3 is 15.3 Å². The first kappa shape index (κ1) is 15.4. The number of hydrogen-bond acceptors (Lipinski definition) is 5. The maximum atomic E-state index is 10.1. The molecule has 0 radical (unpaired) electrons. The van der Waals surface area contributed by atoms with Crippen molar-refractivity contribution in [3.05, 3.63) is 48.0 Å². The van der Waals surface area contributed by atoms with E-state index in [1.54, 1.807) is 6.07 Å². The number of phenolic OH excluding ortho intramolecular Hbond substituents is 1. The number of nitrogens with zero attached hydrogens (tertiary/aromatic N) is 3. The third-order valence-electron chi connectivity index (χ3n) is 6.32. The molecule has 1 aromatic heterocycles. The van der Waals surface area contributed by atoms with E-state index >= 15 is 0 Å². The zero-order valence-corrected chi connectivity index (χ0v) is 15.2. The van der Waals surface area contributed by atoms with Gasteiger partial charge in [0, 0.05) is 48.2 Å². The van der Waals surface area contributed by atoms with Crippen molar-refractivity contribution in [2.45, 2.75) is 18.8 Å². The molecule has 0 bridgehead atoms. The van der Waals surface area contributed by atoms with Gasteiger partial charge in [-0.15, -0.1) is 10.2 Å². The van der Waals surface area contributed by atoms with Gasteiger partial charge >= 0.3 is 0 Å². The van der Waals surface area contributed by atoms with Gasteiger partial charge in [-0.05, 0) is 54.7 Å². The summed E-state index contributed by atoms with van der Waals surface area (Å²) in [5.74, 6) is 0.924. The first-order chi connectivity index (χ1) is 13.2. The van der Waals surface area contributed by atoms with E-state index in [9.17, 15) is 5.11 Å². The van der Waals surface area contributed by atoms with Crippen LogP contribution in [0.4, 0.5) is 5.69 Å². The average Bonchev–Trinajstić information content (AvgIpc) is 3.44. The van der Waals surface area contributed by atoms with Crippen LogP contribution < -0.4 is 10.2 Å². The van der Waals surface area contributed by atoms with E-state index < -0.39 is 0 Å². The van der Waals surface area contributed by atoms with Crippen LogP contribution in [-0.2, 0) is 0 Å². The SMILES string of the molecule is Oc1ccccc1-c1cc2cc(C3CC3)c(N3CC4(CNC4)C3)cc2nn1. The summed E-state index contributed by atoms with van der Waals surface area (Å²) in [6.45, 7) is 4.60. The molecule has 6 rings (SSSR count). The van der Waals surface area contributed by atoms with Gasteiger partial charge in [0.2, 0.25) is 0 Å². The van der Waals surface area contributed by atoms with Crippen LogP contribution in [0.5, 0.6) is 5.75 Å². The normalized spacial score (nSPS) is 20.5. The number of rotatable bonds is 3. The molecule has 2 saturated heterocycles. The molecule has 5 nitrogen and oxygen atoms in total. The van der Waals surface area contributed by atoms with Crippen LogP contribution in [0.3, 0.4) is 0 Å². The van der Waals surface area contributed by atoms with Crippen LogP contribution >= 0.6 is 0 Å². The topological polar surface area (TPSA) is 61.3 Å². The van der Waals surface area contributed by atoms with Gasteiger partial charge in [0.1, 0.15) is 5.75 Å². The summed E-state index contributed by atoms with van der Waals surface area (Å²) in [6, 6.07) is 13.9. The quantitative estimate of drug-likeness (QED) is 0.752. The molecular weight excluding hydrogens is 336 g/mol. The Morgan fingerprint density at radius 1 is 1.04 bits per heavy atom. The molecule has 0 atom stereocenters. The van der Waals surface area contributed by atoms with Crippen LogP contribution in [0, 0.1) is 5.41 Å². The van der Waals surface area contributed by atoms with Crippen molar-refractivity contribution in [2.24, 2.45) is 5.41 Å². The number of fused-ring (bicyclic) bond motifs is 1. The van der Waals surface area contributed by atoms with Gasteiger partial charge in [0.25, 0.3) is 0 Å². The van der Waals surface area contributed by atoms with Crippen molar-refractivity contribution in [2.75, 3.05) is 31.1 Å². The third kappa shape index (κ3) is 2.42. The summed E-state index contributed by atoms with van der Waals surface area (Å²) in [5.41, 5.74) is 5.70. The van der Waals surface area contributed by atoms with Crippen LogP contribution in [0.1, 0.15) is 24.3 Å². The first-order valence-electron chi connectivity index (χ1n) is 9.76. The van der Waals surface area contributed by atoms with Gasteiger partial charge in [-0.3, -0.25) is 0 Å². The van der Waals surface area contributed by atoms with Crippen molar-refractivity contribution in [3.63, 3.8) is 0 Å². The minimum Gasteiger partial charge on any atom is -0.507 e. The lowest BCUT2D eigenvalue weighted by atomic mass is 9.74. The smallest absolute Gasteiger partial charge is 0.125 e. The molecule has 3 heterocycles. The van der Waals surface area contributed by atoms with Crippen molar-refractivity contribution in [1.29, 1.82) is 0 Å². The lowest BCUT2D eigenvalue weighted by Gasteiger charge is -2.57. The van der Waals surface area contributed by atoms with E-state index in [0.29, 0.717) is 11.3 Å². The largest absolute Gasteiger partial charge is 0.507 e. The average molecular weight is 358 g/mol. The minimum absolute atomic E-state index is 0.241. The van der Waals surface area contributed by atoms with E-state index in [4.69, 9.17) is 0 Å². The number of anilines is 1. The molecule has 1 spiro atoms. The minimum atomic E-state index is 0.241. The second-order valence-electron chi connectivity index (χ2n) is 8.45. The molecule has 1 saturated carbocycles. The van der Waals surface area contributed by atoms with Gasteiger partial charge in [-0.2, -0.15) is 0 Å². The van der Waals surface area contributed by atoms with Crippen molar-refractivity contribution in [1.82, 2.24) is 15.5 Å². The molecule has 3 fully saturated rings. The maximum absolute atomic E-state index is 10.1. The highest BCUT2D eigenvalue weighted by Gasteiger charge is 2.48. The molecule has 0 amide bonds. The van der Waals surface area contributed by atoms with E-state index in [0.717, 1.165) is 48.3 Å². The highest BCUT2D eigenvalue weighted by Crippen LogP contribution is 2.48. The number of nitrogens with one attached hydrogen (secondary N) is 1. The zero-order chi connectivity index (χ0) is 18.0. The molecule has 27 heavy (non-hydrogen) atoms. The fourth-order valence-electron chi connectivity index (χ4n) is 4.55. The number of aromatic hydroxyl groups is 1. The maximum Gasteiger partial charge on any atom is 0.125 e. The Balaban J connectivity index is 1.42. The number of benzene rings is 2. The molecule has 3 aromatic rings. The third-order valence-corrected chi connectivity index (χ3v) is 6.32. The predicted octanol–water partition coefficient (Wildman–Crippen LogP) is 3.29. The number of hydrogen-bond donors (Lipinski definition) is 2. The number of para-hydroxylation sites is 1. The summed E-state index contributed by atoms with van der Waals surface area (Å²) < 4.78 is 0. The fraction of sp³-hybridized carbons (Fsp3) is 0.364. The Bertz CT molecular complexity index is 1050. The molecule has 2 aliphatic heterocycles. The molecule has 2 N–H and O–H groups in total. The van der Waals surface area contributed by atoms with E-state index in [1.807, 2.05) is 18.2 Å². The number of phenols is 1. The van der Waals surface area contributed by atoms with Crippen molar-refractivity contribution < 1.29 is 5.11 Å². The molecule has 2 aromatic carbocycles. The van der Waals surface area contributed by atoms with E-state index in [1.165, 1.54) is 24.1 Å². The van der Waals surface area contributed by atoms with Gasteiger partial charge in [-0.1, -0.05) is 12.1 Å². The van der Waals surface area contributed by atoms with Crippen LogP contribution in [-0.4, -0.2) is 41.5 Å². The number of aromatic nitrogens is 2. The monoisotopic (exact) mass is 358 g/mol. The molecule has 136 valence electrons. The Hall–Kier alpha value is -2.66. The van der Waals surface area contributed by atoms with E-state index in [-0.39, 0.29) is 5.75 Å². The Morgan fingerprint density at radius 3 is 2.56 bits per heavy atom. The Kier molecular flexibility index (Phi) is 3.09. The second kappa shape index (κ2) is 5.42. The van der Waals surface area contributed by atoms with Crippen molar-refractivity contribution >= 4 is 16.6 Å². The molecule has 1 aliphatic carbocycles. The summed E-state index contributed by atoms with van der Waals surface area (Å²) in [6.07, 6.45) is 2.56. The summed E-state index contributed by atoms with van der Waals surface area (Å²) in [5, 5.41) is 23.5. The summed E-state index contributed by atoms with van der Waals surface area (Å²) >= 11 is 0. The van der Waals surface area contributed by atoms with Gasteiger partial charge in [-0.25, -0.2) is 0 Å². The van der Waals surface area contributed by atoms with E-state index in [2.05, 4.69) is 38.6 Å². The zero-order valence-electron chi connectivity index (χ0n) is 15.2. The summed E-state index contributed by atoms with van der Waals surface area (Å²) in [4.78, 5) is 2.52.